The average molecular weight is 339 g/mol. The van der Waals surface area contributed by atoms with E-state index in [1.165, 1.54) is 16.7 Å². The van der Waals surface area contributed by atoms with Crippen molar-refractivity contribution in [3.8, 4) is 5.75 Å². The van der Waals surface area contributed by atoms with Crippen LogP contribution in [0.4, 0.5) is 0 Å². The van der Waals surface area contributed by atoms with Crippen molar-refractivity contribution in [2.24, 2.45) is 5.92 Å². The van der Waals surface area contributed by atoms with Crippen LogP contribution in [0.25, 0.3) is 0 Å². The van der Waals surface area contributed by atoms with E-state index in [2.05, 4.69) is 36.4 Å². The molecule has 1 N–H and O–H groups in total. The van der Waals surface area contributed by atoms with Crippen LogP contribution >= 0.6 is 0 Å². The van der Waals surface area contributed by atoms with Crippen molar-refractivity contribution in [2.75, 3.05) is 27.2 Å². The molecule has 2 aromatic carbocycles. The first-order chi connectivity index (χ1) is 12.1. The third-order valence-electron chi connectivity index (χ3n) is 5.05. The van der Waals surface area contributed by atoms with E-state index in [9.17, 15) is 4.79 Å². The third kappa shape index (κ3) is 4.02. The van der Waals surface area contributed by atoms with Gasteiger partial charge in [-0.1, -0.05) is 36.4 Å². The van der Waals surface area contributed by atoms with Crippen LogP contribution in [0.2, 0.25) is 0 Å². The van der Waals surface area contributed by atoms with Gasteiger partial charge in [0.05, 0.1) is 13.7 Å². The number of benzene rings is 2. The first-order valence-electron chi connectivity index (χ1n) is 8.70. The fourth-order valence-corrected chi connectivity index (χ4v) is 3.98. The van der Waals surface area contributed by atoms with Gasteiger partial charge in [0.25, 0.3) is 0 Å². The van der Waals surface area contributed by atoms with Gasteiger partial charge in [0.2, 0.25) is 0 Å². The first kappa shape index (κ1) is 17.5. The fraction of sp³-hybridized carbons (Fsp3) is 0.381. The molecule has 2 atom stereocenters. The lowest BCUT2D eigenvalue weighted by Crippen LogP contribution is -2.35. The Morgan fingerprint density at radius 1 is 1.24 bits per heavy atom. The number of ether oxygens (including phenoxy) is 1. The van der Waals surface area contributed by atoms with E-state index in [1.54, 1.807) is 7.11 Å². The van der Waals surface area contributed by atoms with E-state index < -0.39 is 5.97 Å². The summed E-state index contributed by atoms with van der Waals surface area (Å²) in [4.78, 5) is 12.9. The normalized spacial score (nSPS) is 19.5. The van der Waals surface area contributed by atoms with Crippen LogP contribution in [0.15, 0.2) is 48.5 Å². The van der Waals surface area contributed by atoms with Gasteiger partial charge < -0.3 is 9.84 Å². The molecule has 4 nitrogen and oxygen atoms in total. The van der Waals surface area contributed by atoms with E-state index in [1.807, 2.05) is 24.1 Å². The minimum Gasteiger partial charge on any atom is -0.497 e. The highest BCUT2D eigenvalue weighted by atomic mass is 16.5. The Hall–Kier alpha value is -2.33. The molecule has 0 saturated carbocycles. The standard InChI is InChI=1S/C21H25NO3/c1-22(14-20(23)24)13-17-9-8-15-10-11-18(25-2)12-19(15)21(17)16-6-4-3-5-7-16/h3-7,10-12,17,21H,8-9,13-14H2,1-2H3,(H,23,24)/t17-,21+/m1/s1. The zero-order valence-electron chi connectivity index (χ0n) is 14.8. The largest absolute Gasteiger partial charge is 0.497 e. The number of carboxylic acids is 1. The summed E-state index contributed by atoms with van der Waals surface area (Å²) in [7, 11) is 3.58. The molecule has 25 heavy (non-hydrogen) atoms. The summed E-state index contributed by atoms with van der Waals surface area (Å²) in [6, 6.07) is 16.9. The summed E-state index contributed by atoms with van der Waals surface area (Å²) in [5.74, 6) is 0.735. The van der Waals surface area contributed by atoms with Crippen molar-refractivity contribution in [3.05, 3.63) is 65.2 Å². The number of rotatable bonds is 6. The van der Waals surface area contributed by atoms with Crippen molar-refractivity contribution in [2.45, 2.75) is 18.8 Å². The summed E-state index contributed by atoms with van der Waals surface area (Å²) in [6.45, 7) is 0.839. The molecule has 0 heterocycles. The summed E-state index contributed by atoms with van der Waals surface area (Å²) in [5, 5.41) is 9.06. The minimum atomic E-state index is -0.781. The number of aliphatic carboxylic acids is 1. The van der Waals surface area contributed by atoms with Crippen LogP contribution in [0.5, 0.6) is 5.75 Å². The summed E-state index contributed by atoms with van der Waals surface area (Å²) >= 11 is 0. The Labute approximate surface area is 149 Å². The average Bonchev–Trinajstić information content (AvgIpc) is 2.61. The second-order valence-corrected chi connectivity index (χ2v) is 6.84. The predicted molar refractivity (Wildman–Crippen MR) is 98.2 cm³/mol. The number of fused-ring (bicyclic) bond motifs is 1. The molecule has 1 aliphatic rings. The van der Waals surface area contributed by atoms with Gasteiger partial charge in [0.1, 0.15) is 5.75 Å². The number of nitrogens with zero attached hydrogens (tertiary/aromatic N) is 1. The van der Waals surface area contributed by atoms with Crippen molar-refractivity contribution >= 4 is 5.97 Å². The molecule has 0 aromatic heterocycles. The molecule has 0 aliphatic heterocycles. The van der Waals surface area contributed by atoms with Crippen LogP contribution in [0, 0.1) is 5.92 Å². The van der Waals surface area contributed by atoms with Crippen LogP contribution < -0.4 is 4.74 Å². The van der Waals surface area contributed by atoms with Gasteiger partial charge in [-0.25, -0.2) is 0 Å². The molecule has 0 fully saturated rings. The molecule has 0 bridgehead atoms. The highest BCUT2D eigenvalue weighted by molar-refractivity contribution is 5.69. The third-order valence-corrected chi connectivity index (χ3v) is 5.05. The van der Waals surface area contributed by atoms with Crippen LogP contribution in [-0.4, -0.2) is 43.2 Å². The summed E-state index contributed by atoms with van der Waals surface area (Å²) in [6.07, 6.45) is 2.08. The highest BCUT2D eigenvalue weighted by Crippen LogP contribution is 2.42. The molecule has 132 valence electrons. The second kappa shape index (κ2) is 7.70. The maximum atomic E-state index is 11.0. The number of hydrogen-bond donors (Lipinski definition) is 1. The number of carbonyl (C=O) groups is 1. The van der Waals surface area contributed by atoms with E-state index in [0.29, 0.717) is 5.92 Å². The van der Waals surface area contributed by atoms with Crippen LogP contribution in [0.3, 0.4) is 0 Å². The Balaban J connectivity index is 1.96. The lowest BCUT2D eigenvalue weighted by atomic mass is 9.71. The first-order valence-corrected chi connectivity index (χ1v) is 8.70. The lowest BCUT2D eigenvalue weighted by Gasteiger charge is -2.36. The predicted octanol–water partition coefficient (Wildman–Crippen LogP) is 3.41. The fourth-order valence-electron chi connectivity index (χ4n) is 3.98. The van der Waals surface area contributed by atoms with Gasteiger partial charge in [-0.15, -0.1) is 0 Å². The number of carboxylic acid groups (broad SMARTS) is 1. The number of hydrogen-bond acceptors (Lipinski definition) is 3. The maximum Gasteiger partial charge on any atom is 0.317 e. The molecular weight excluding hydrogens is 314 g/mol. The quantitative estimate of drug-likeness (QED) is 0.876. The molecule has 0 amide bonds. The van der Waals surface area contributed by atoms with Gasteiger partial charge in [-0.3, -0.25) is 9.69 Å². The Morgan fingerprint density at radius 3 is 2.68 bits per heavy atom. The lowest BCUT2D eigenvalue weighted by molar-refractivity contribution is -0.138. The van der Waals surface area contributed by atoms with Gasteiger partial charge in [-0.2, -0.15) is 0 Å². The van der Waals surface area contributed by atoms with E-state index in [4.69, 9.17) is 9.84 Å². The minimum absolute atomic E-state index is 0.0724. The summed E-state index contributed by atoms with van der Waals surface area (Å²) in [5.41, 5.74) is 3.96. The highest BCUT2D eigenvalue weighted by Gasteiger charge is 2.32. The molecule has 1 aliphatic carbocycles. The van der Waals surface area contributed by atoms with Gasteiger partial charge >= 0.3 is 5.97 Å². The number of aryl methyl sites for hydroxylation is 1. The van der Waals surface area contributed by atoms with E-state index >= 15 is 0 Å². The van der Waals surface area contributed by atoms with Gasteiger partial charge in [0, 0.05) is 12.5 Å². The summed E-state index contributed by atoms with van der Waals surface area (Å²) < 4.78 is 5.45. The Kier molecular flexibility index (Phi) is 5.39. The zero-order valence-corrected chi connectivity index (χ0v) is 14.8. The second-order valence-electron chi connectivity index (χ2n) is 6.84. The van der Waals surface area contributed by atoms with E-state index in [0.717, 1.165) is 25.1 Å². The van der Waals surface area contributed by atoms with Gasteiger partial charge in [0.15, 0.2) is 0 Å². The Bertz CT molecular complexity index is 729. The monoisotopic (exact) mass is 339 g/mol. The SMILES string of the molecule is COc1ccc2c(c1)[C@@H](c1ccccc1)[C@@H](CN(C)CC(=O)O)CC2. The topological polar surface area (TPSA) is 49.8 Å². The van der Waals surface area contributed by atoms with E-state index in [-0.39, 0.29) is 12.5 Å². The molecule has 0 saturated heterocycles. The molecule has 0 spiro atoms. The van der Waals surface area contributed by atoms with Crippen molar-refractivity contribution < 1.29 is 14.6 Å². The number of likely N-dealkylation sites (N-methyl/N-ethyl adjacent to an activating group) is 1. The maximum absolute atomic E-state index is 11.0. The Morgan fingerprint density at radius 2 is 2.00 bits per heavy atom. The van der Waals surface area contributed by atoms with Crippen molar-refractivity contribution in [3.63, 3.8) is 0 Å². The van der Waals surface area contributed by atoms with Crippen LogP contribution in [0.1, 0.15) is 29.0 Å². The molecule has 0 radical (unpaired) electrons. The van der Waals surface area contributed by atoms with Crippen molar-refractivity contribution in [1.29, 1.82) is 0 Å². The van der Waals surface area contributed by atoms with Crippen molar-refractivity contribution in [1.82, 2.24) is 4.90 Å². The molecular formula is C21H25NO3. The molecule has 4 heteroatoms. The van der Waals surface area contributed by atoms with Crippen LogP contribution in [-0.2, 0) is 11.2 Å². The zero-order chi connectivity index (χ0) is 17.8. The molecule has 2 aromatic rings. The van der Waals surface area contributed by atoms with Gasteiger partial charge in [-0.05, 0) is 54.6 Å². The molecule has 3 rings (SSSR count). The number of methoxy groups -OCH3 is 1. The smallest absolute Gasteiger partial charge is 0.317 e. The molecule has 0 unspecified atom stereocenters.